The summed E-state index contributed by atoms with van der Waals surface area (Å²) in [5, 5.41) is 19.9. The second-order valence-electron chi connectivity index (χ2n) is 6.27. The Bertz CT molecular complexity index is 921. The molecule has 0 bridgehead atoms. The van der Waals surface area contributed by atoms with Crippen LogP contribution in [-0.4, -0.2) is 22.1 Å². The van der Waals surface area contributed by atoms with Crippen molar-refractivity contribution in [2.24, 2.45) is 0 Å². The molecule has 0 amide bonds. The molecule has 1 atom stereocenters. The van der Waals surface area contributed by atoms with E-state index in [1.807, 2.05) is 32.0 Å². The van der Waals surface area contributed by atoms with Crippen LogP contribution in [0.25, 0.3) is 0 Å². The number of carbonyl (C=O) groups excluding carboxylic acids is 1. The van der Waals surface area contributed by atoms with Gasteiger partial charge in [0.1, 0.15) is 17.4 Å². The molecule has 136 valence electrons. The van der Waals surface area contributed by atoms with Gasteiger partial charge in [0.05, 0.1) is 5.56 Å². The van der Waals surface area contributed by atoms with Crippen LogP contribution in [0.1, 0.15) is 53.4 Å². The Morgan fingerprint density at radius 2 is 1.92 bits per heavy atom. The molecule has 0 aliphatic heterocycles. The number of pyridine rings is 1. The number of hydrogen-bond acceptors (Lipinski definition) is 5. The van der Waals surface area contributed by atoms with Crippen LogP contribution in [0.5, 0.6) is 11.6 Å². The minimum atomic E-state index is -0.590. The van der Waals surface area contributed by atoms with Gasteiger partial charge in [0.15, 0.2) is 6.61 Å². The molecule has 0 spiro atoms. The lowest BCUT2D eigenvalue weighted by atomic mass is 10.0. The third kappa shape index (κ3) is 3.62. The van der Waals surface area contributed by atoms with Gasteiger partial charge < -0.3 is 9.84 Å². The average molecular weight is 354 g/mol. The highest BCUT2D eigenvalue weighted by atomic mass is 16.5. The van der Waals surface area contributed by atoms with E-state index in [1.165, 1.54) is 6.92 Å². The molecule has 1 heterocycles. The first-order chi connectivity index (χ1) is 12.3. The zero-order valence-corrected chi connectivity index (χ0v) is 15.4. The first-order valence-corrected chi connectivity index (χ1v) is 8.42. The van der Waals surface area contributed by atoms with Crippen molar-refractivity contribution in [3.8, 4) is 17.7 Å². The van der Waals surface area contributed by atoms with Crippen molar-refractivity contribution >= 4 is 5.78 Å². The number of rotatable bonds is 6. The molecule has 1 unspecified atom stereocenters. The van der Waals surface area contributed by atoms with Gasteiger partial charge in [-0.15, -0.1) is 0 Å². The monoisotopic (exact) mass is 354 g/mol. The molecule has 0 saturated carbocycles. The van der Waals surface area contributed by atoms with Crippen molar-refractivity contribution in [2.75, 3.05) is 6.61 Å². The SMILES string of the molecule is CCC(C)n1c(O)c(C(=O)COc2ccc(C)cc2)c(C)c(C#N)c1=O. The van der Waals surface area contributed by atoms with Crippen LogP contribution in [-0.2, 0) is 0 Å². The molecule has 2 aromatic rings. The molecule has 0 aliphatic rings. The van der Waals surface area contributed by atoms with Gasteiger partial charge in [0.2, 0.25) is 11.7 Å². The predicted octanol–water partition coefficient (Wildman–Crippen LogP) is 3.28. The van der Waals surface area contributed by atoms with Gasteiger partial charge in [-0.25, -0.2) is 0 Å². The number of aryl methyl sites for hydroxylation is 1. The quantitative estimate of drug-likeness (QED) is 0.804. The van der Waals surface area contributed by atoms with Crippen LogP contribution >= 0.6 is 0 Å². The van der Waals surface area contributed by atoms with Crippen LogP contribution in [0.3, 0.4) is 0 Å². The second kappa shape index (κ2) is 7.87. The Balaban J connectivity index is 2.44. The van der Waals surface area contributed by atoms with Gasteiger partial charge >= 0.3 is 0 Å². The maximum Gasteiger partial charge on any atom is 0.271 e. The van der Waals surface area contributed by atoms with Crippen molar-refractivity contribution in [2.45, 2.75) is 40.2 Å². The molecule has 2 rings (SSSR count). The summed E-state index contributed by atoms with van der Waals surface area (Å²) >= 11 is 0. The molecule has 26 heavy (non-hydrogen) atoms. The average Bonchev–Trinajstić information content (AvgIpc) is 2.61. The summed E-state index contributed by atoms with van der Waals surface area (Å²) < 4.78 is 6.59. The number of carbonyl (C=O) groups is 1. The standard InChI is InChI=1S/C20H22N2O4/c1-5-13(3)22-19(24)16(10-21)14(4)18(20(22)25)17(23)11-26-15-8-6-12(2)7-9-15/h6-9,13,25H,5,11H2,1-4H3. The molecule has 6 heteroatoms. The Morgan fingerprint density at radius 1 is 1.31 bits per heavy atom. The molecule has 0 saturated heterocycles. The van der Waals surface area contributed by atoms with Crippen molar-refractivity contribution in [1.29, 1.82) is 5.26 Å². The minimum Gasteiger partial charge on any atom is -0.494 e. The number of hydrogen-bond donors (Lipinski definition) is 1. The summed E-state index contributed by atoms with van der Waals surface area (Å²) in [6, 6.07) is 8.71. The van der Waals surface area contributed by atoms with E-state index in [4.69, 9.17) is 4.74 Å². The summed E-state index contributed by atoms with van der Waals surface area (Å²) in [7, 11) is 0. The molecule has 6 nitrogen and oxygen atoms in total. The summed E-state index contributed by atoms with van der Waals surface area (Å²) in [6.45, 7) is 6.72. The number of Topliss-reactive ketones (excluding diaryl/α,β-unsaturated/α-hetero) is 1. The van der Waals surface area contributed by atoms with E-state index in [-0.39, 0.29) is 29.3 Å². The largest absolute Gasteiger partial charge is 0.494 e. The number of nitrogens with zero attached hydrogens (tertiary/aromatic N) is 2. The van der Waals surface area contributed by atoms with Crippen LogP contribution in [0.15, 0.2) is 29.1 Å². The number of aromatic nitrogens is 1. The number of aromatic hydroxyl groups is 1. The van der Waals surface area contributed by atoms with E-state index >= 15 is 0 Å². The fraction of sp³-hybridized carbons (Fsp3) is 0.350. The van der Waals surface area contributed by atoms with Crippen LogP contribution in [0, 0.1) is 25.2 Å². The summed E-state index contributed by atoms with van der Waals surface area (Å²) in [5.41, 5.74) is 0.465. The topological polar surface area (TPSA) is 92.3 Å². The Hall–Kier alpha value is -3.07. The summed E-state index contributed by atoms with van der Waals surface area (Å²) in [6.07, 6.45) is 0.564. The van der Waals surface area contributed by atoms with E-state index in [0.717, 1.165) is 10.1 Å². The van der Waals surface area contributed by atoms with Crippen LogP contribution < -0.4 is 10.3 Å². The minimum absolute atomic E-state index is 0.0476. The van der Waals surface area contributed by atoms with Gasteiger partial charge in [-0.3, -0.25) is 14.2 Å². The van der Waals surface area contributed by atoms with Gasteiger partial charge in [-0.2, -0.15) is 5.26 Å². The number of ketones is 1. The van der Waals surface area contributed by atoms with Crippen molar-refractivity contribution in [3.05, 3.63) is 56.9 Å². The smallest absolute Gasteiger partial charge is 0.271 e. The highest BCUT2D eigenvalue weighted by Gasteiger charge is 2.25. The van der Waals surface area contributed by atoms with Gasteiger partial charge in [-0.1, -0.05) is 24.6 Å². The van der Waals surface area contributed by atoms with E-state index < -0.39 is 17.2 Å². The Kier molecular flexibility index (Phi) is 5.83. The first kappa shape index (κ1) is 19.3. The third-order valence-corrected chi connectivity index (χ3v) is 4.45. The molecule has 0 aliphatic carbocycles. The molecular weight excluding hydrogens is 332 g/mol. The van der Waals surface area contributed by atoms with Gasteiger partial charge in [-0.05, 0) is 44.9 Å². The highest BCUT2D eigenvalue weighted by molar-refractivity contribution is 6.01. The molecule has 0 radical (unpaired) electrons. The number of benzene rings is 1. The lowest BCUT2D eigenvalue weighted by Gasteiger charge is -2.19. The molecule has 1 aromatic carbocycles. The zero-order valence-electron chi connectivity index (χ0n) is 15.4. The molecule has 0 fully saturated rings. The fourth-order valence-corrected chi connectivity index (χ4v) is 2.70. The van der Waals surface area contributed by atoms with Crippen LogP contribution in [0.4, 0.5) is 0 Å². The molecular formula is C20H22N2O4. The van der Waals surface area contributed by atoms with E-state index in [0.29, 0.717) is 12.2 Å². The number of ether oxygens (including phenoxy) is 1. The maximum absolute atomic E-state index is 12.7. The summed E-state index contributed by atoms with van der Waals surface area (Å²) in [4.78, 5) is 25.1. The van der Waals surface area contributed by atoms with Gasteiger partial charge in [0.25, 0.3) is 5.56 Å². The van der Waals surface area contributed by atoms with Gasteiger partial charge in [0, 0.05) is 6.04 Å². The second-order valence-corrected chi connectivity index (χ2v) is 6.27. The molecule has 1 N–H and O–H groups in total. The zero-order chi connectivity index (χ0) is 19.4. The predicted molar refractivity (Wildman–Crippen MR) is 97.8 cm³/mol. The Morgan fingerprint density at radius 3 is 2.46 bits per heavy atom. The first-order valence-electron chi connectivity index (χ1n) is 8.42. The number of nitriles is 1. The molecule has 1 aromatic heterocycles. The maximum atomic E-state index is 12.7. The van der Waals surface area contributed by atoms with Crippen molar-refractivity contribution < 1.29 is 14.6 Å². The van der Waals surface area contributed by atoms with E-state index in [9.17, 15) is 20.0 Å². The van der Waals surface area contributed by atoms with Crippen molar-refractivity contribution in [3.63, 3.8) is 0 Å². The van der Waals surface area contributed by atoms with Crippen molar-refractivity contribution in [1.82, 2.24) is 4.57 Å². The normalized spacial score (nSPS) is 11.7. The lowest BCUT2D eigenvalue weighted by molar-refractivity contribution is 0.0916. The van der Waals surface area contributed by atoms with Crippen LogP contribution in [0.2, 0.25) is 0 Å². The lowest BCUT2D eigenvalue weighted by Crippen LogP contribution is -2.29. The third-order valence-electron chi connectivity index (χ3n) is 4.45. The van der Waals surface area contributed by atoms with E-state index in [2.05, 4.69) is 0 Å². The Labute approximate surface area is 152 Å². The van der Waals surface area contributed by atoms with E-state index in [1.54, 1.807) is 19.1 Å². The highest BCUT2D eigenvalue weighted by Crippen LogP contribution is 2.26. The fourth-order valence-electron chi connectivity index (χ4n) is 2.70. The summed E-state index contributed by atoms with van der Waals surface area (Å²) in [5.74, 6) is -0.385.